The number of hydrogen-bond acceptors (Lipinski definition) is 5. The number of aromatic amines is 1. The first kappa shape index (κ1) is 16.6. The molecule has 27 heavy (non-hydrogen) atoms. The van der Waals surface area contributed by atoms with Gasteiger partial charge in [-0.05, 0) is 55.9 Å². The van der Waals surface area contributed by atoms with Crippen LogP contribution >= 0.6 is 0 Å². The number of aliphatic hydroxyl groups is 1. The van der Waals surface area contributed by atoms with E-state index in [1.54, 1.807) is 6.20 Å². The Morgan fingerprint density at radius 2 is 2.15 bits per heavy atom. The highest BCUT2D eigenvalue weighted by molar-refractivity contribution is 6.06. The van der Waals surface area contributed by atoms with Gasteiger partial charge in [-0.3, -0.25) is 4.79 Å². The molecule has 7 nitrogen and oxygen atoms in total. The highest BCUT2D eigenvalue weighted by atomic mass is 16.3. The molecule has 2 aromatic heterocycles. The standard InChI is InChI=1S/C20H23N5O2/c21-2-4-23-19(26)15-10-24-18-14(1-3-22-18)17(15)25-16-12-5-11-6-13(16)9-20(27,7-11)8-12/h1,3,10-13,16,27H,4-9H2,(H,23,26)(H2,22,24,25)/t11?,12-,13+,16+,20-. The van der Waals surface area contributed by atoms with Gasteiger partial charge in [0.1, 0.15) is 12.2 Å². The maximum Gasteiger partial charge on any atom is 0.255 e. The Bertz CT molecular complexity index is 929. The van der Waals surface area contributed by atoms with Crippen LogP contribution in [-0.4, -0.2) is 39.2 Å². The molecule has 6 rings (SSSR count). The molecule has 4 aliphatic carbocycles. The van der Waals surface area contributed by atoms with Crippen LogP contribution in [0.1, 0.15) is 42.5 Å². The zero-order valence-electron chi connectivity index (χ0n) is 15.0. The maximum atomic E-state index is 12.6. The third-order valence-electron chi connectivity index (χ3n) is 6.71. The molecule has 1 amide bonds. The van der Waals surface area contributed by atoms with Crippen LogP contribution < -0.4 is 10.6 Å². The number of fused-ring (bicyclic) bond motifs is 1. The van der Waals surface area contributed by atoms with Gasteiger partial charge in [0.15, 0.2) is 0 Å². The number of carbonyl (C=O) groups is 1. The monoisotopic (exact) mass is 365 g/mol. The van der Waals surface area contributed by atoms with Gasteiger partial charge in [-0.15, -0.1) is 0 Å². The minimum absolute atomic E-state index is 0.0349. The Morgan fingerprint density at radius 1 is 1.37 bits per heavy atom. The first-order valence-corrected chi connectivity index (χ1v) is 9.66. The van der Waals surface area contributed by atoms with E-state index in [-0.39, 0.29) is 18.5 Å². The minimum atomic E-state index is -0.483. The lowest BCUT2D eigenvalue weighted by Gasteiger charge is -2.58. The molecule has 0 aromatic carbocycles. The van der Waals surface area contributed by atoms with E-state index in [0.717, 1.165) is 48.8 Å². The number of carbonyl (C=O) groups excluding carboxylic acids is 1. The molecule has 0 spiro atoms. The molecule has 4 bridgehead atoms. The number of pyridine rings is 1. The summed E-state index contributed by atoms with van der Waals surface area (Å²) in [5.74, 6) is 1.20. The predicted molar refractivity (Wildman–Crippen MR) is 100.0 cm³/mol. The van der Waals surface area contributed by atoms with Gasteiger partial charge in [-0.2, -0.15) is 5.26 Å². The molecule has 4 saturated carbocycles. The third kappa shape index (κ3) is 2.67. The molecule has 0 radical (unpaired) electrons. The Morgan fingerprint density at radius 3 is 2.85 bits per heavy atom. The number of nitrogens with one attached hydrogen (secondary N) is 3. The van der Waals surface area contributed by atoms with E-state index >= 15 is 0 Å². The topological polar surface area (TPSA) is 114 Å². The zero-order valence-corrected chi connectivity index (χ0v) is 15.0. The molecule has 2 aromatic rings. The van der Waals surface area contributed by atoms with Crippen molar-refractivity contribution in [3.63, 3.8) is 0 Å². The van der Waals surface area contributed by atoms with Crippen molar-refractivity contribution in [1.29, 1.82) is 5.26 Å². The second-order valence-corrected chi connectivity index (χ2v) is 8.49. The van der Waals surface area contributed by atoms with E-state index < -0.39 is 5.60 Å². The SMILES string of the molecule is N#CCNC(=O)c1cnc2[nH]ccc2c1N[C@H]1[C@@H]2CC3C[C@H]1C[C@@](O)(C3)C2. The summed E-state index contributed by atoms with van der Waals surface area (Å²) in [4.78, 5) is 20.0. The lowest BCUT2D eigenvalue weighted by molar-refractivity contribution is -0.129. The number of nitrogens with zero attached hydrogens (tertiary/aromatic N) is 2. The molecular formula is C20H23N5O2. The van der Waals surface area contributed by atoms with E-state index in [1.807, 2.05) is 18.3 Å². The molecule has 1 unspecified atom stereocenters. The first-order valence-electron chi connectivity index (χ1n) is 9.66. The van der Waals surface area contributed by atoms with Crippen molar-refractivity contribution in [2.45, 2.75) is 43.7 Å². The number of rotatable bonds is 4. The van der Waals surface area contributed by atoms with Crippen molar-refractivity contribution >= 4 is 22.6 Å². The molecule has 7 heteroatoms. The number of amides is 1. The van der Waals surface area contributed by atoms with E-state index in [1.165, 1.54) is 0 Å². The van der Waals surface area contributed by atoms with Crippen LogP contribution in [0.3, 0.4) is 0 Å². The van der Waals surface area contributed by atoms with Gasteiger partial charge in [0, 0.05) is 23.8 Å². The molecule has 4 aliphatic rings. The highest BCUT2D eigenvalue weighted by Crippen LogP contribution is 2.56. The molecule has 5 atom stereocenters. The average Bonchev–Trinajstić information content (AvgIpc) is 3.10. The largest absolute Gasteiger partial charge is 0.390 e. The van der Waals surface area contributed by atoms with Crippen molar-refractivity contribution in [1.82, 2.24) is 15.3 Å². The molecule has 0 aliphatic heterocycles. The van der Waals surface area contributed by atoms with Gasteiger partial charge in [0.25, 0.3) is 5.91 Å². The van der Waals surface area contributed by atoms with Crippen LogP contribution in [0.2, 0.25) is 0 Å². The van der Waals surface area contributed by atoms with Crippen LogP contribution in [0.25, 0.3) is 11.0 Å². The fourth-order valence-electron chi connectivity index (χ4n) is 5.93. The minimum Gasteiger partial charge on any atom is -0.390 e. The number of nitriles is 1. The second kappa shape index (κ2) is 5.96. The van der Waals surface area contributed by atoms with Crippen molar-refractivity contribution < 1.29 is 9.90 Å². The highest BCUT2D eigenvalue weighted by Gasteiger charge is 2.54. The number of aromatic nitrogens is 2. The van der Waals surface area contributed by atoms with Gasteiger partial charge in [-0.1, -0.05) is 0 Å². The van der Waals surface area contributed by atoms with Crippen LogP contribution in [0.15, 0.2) is 18.5 Å². The number of anilines is 1. The summed E-state index contributed by atoms with van der Waals surface area (Å²) < 4.78 is 0. The summed E-state index contributed by atoms with van der Waals surface area (Å²) in [6.45, 7) is -0.0349. The smallest absolute Gasteiger partial charge is 0.255 e. The molecule has 2 heterocycles. The molecular weight excluding hydrogens is 342 g/mol. The van der Waals surface area contributed by atoms with Gasteiger partial charge in [-0.25, -0.2) is 4.98 Å². The van der Waals surface area contributed by atoms with Gasteiger partial charge in [0.2, 0.25) is 0 Å². The predicted octanol–water partition coefficient (Wildman–Crippen LogP) is 2.17. The summed E-state index contributed by atoms with van der Waals surface area (Å²) >= 11 is 0. The molecule has 140 valence electrons. The van der Waals surface area contributed by atoms with Gasteiger partial charge < -0.3 is 20.7 Å². The summed E-state index contributed by atoms with van der Waals surface area (Å²) in [6.07, 6.45) is 8.31. The number of H-pyrrole nitrogens is 1. The summed E-state index contributed by atoms with van der Waals surface area (Å²) in [5, 5.41) is 26.8. The van der Waals surface area contributed by atoms with Crippen molar-refractivity contribution in [3.05, 3.63) is 24.0 Å². The van der Waals surface area contributed by atoms with Crippen molar-refractivity contribution in [2.24, 2.45) is 17.8 Å². The quantitative estimate of drug-likeness (QED) is 0.620. The van der Waals surface area contributed by atoms with E-state index in [2.05, 4.69) is 20.6 Å². The zero-order chi connectivity index (χ0) is 18.6. The molecule has 0 saturated heterocycles. The Kier molecular flexibility index (Phi) is 3.66. The summed E-state index contributed by atoms with van der Waals surface area (Å²) in [5.41, 5.74) is 1.49. The van der Waals surface area contributed by atoms with Crippen LogP contribution in [0, 0.1) is 29.1 Å². The Hall–Kier alpha value is -2.59. The lowest BCUT2D eigenvalue weighted by atomic mass is 9.52. The number of hydrogen-bond donors (Lipinski definition) is 4. The summed E-state index contributed by atoms with van der Waals surface area (Å²) in [6, 6.07) is 4.12. The molecule has 4 N–H and O–H groups in total. The fourth-order valence-corrected chi connectivity index (χ4v) is 5.93. The van der Waals surface area contributed by atoms with Crippen LogP contribution in [-0.2, 0) is 0 Å². The van der Waals surface area contributed by atoms with Gasteiger partial charge >= 0.3 is 0 Å². The lowest BCUT2D eigenvalue weighted by Crippen LogP contribution is -2.59. The molecule has 4 fully saturated rings. The van der Waals surface area contributed by atoms with Crippen LogP contribution in [0.5, 0.6) is 0 Å². The second-order valence-electron chi connectivity index (χ2n) is 8.49. The van der Waals surface area contributed by atoms with E-state index in [0.29, 0.717) is 23.3 Å². The first-order chi connectivity index (χ1) is 13.1. The van der Waals surface area contributed by atoms with Crippen molar-refractivity contribution in [2.75, 3.05) is 11.9 Å². The van der Waals surface area contributed by atoms with Crippen molar-refractivity contribution in [3.8, 4) is 6.07 Å². The van der Waals surface area contributed by atoms with E-state index in [4.69, 9.17) is 5.26 Å². The average molecular weight is 365 g/mol. The van der Waals surface area contributed by atoms with E-state index in [9.17, 15) is 9.90 Å². The van der Waals surface area contributed by atoms with Crippen LogP contribution in [0.4, 0.5) is 5.69 Å². The summed E-state index contributed by atoms with van der Waals surface area (Å²) in [7, 11) is 0. The van der Waals surface area contributed by atoms with Gasteiger partial charge in [0.05, 0.1) is 22.9 Å². The Labute approximate surface area is 157 Å². The third-order valence-corrected chi connectivity index (χ3v) is 6.71. The maximum absolute atomic E-state index is 12.6. The fraction of sp³-hybridized carbons (Fsp3) is 0.550. The normalized spacial score (nSPS) is 33.8. The Balaban J connectivity index is 1.50.